The number of fused-ring (bicyclic) bond motifs is 2. The molecule has 0 fully saturated rings. The number of aromatic amines is 1. The molecule has 1 aromatic heterocycles. The third-order valence-electron chi connectivity index (χ3n) is 3.71. The molecule has 3 rings (SSSR count). The van der Waals surface area contributed by atoms with Gasteiger partial charge < -0.3 is 4.98 Å². The van der Waals surface area contributed by atoms with Gasteiger partial charge >= 0.3 is 0 Å². The predicted molar refractivity (Wildman–Crippen MR) is 70.0 cm³/mol. The maximum absolute atomic E-state index is 4.52. The summed E-state index contributed by atoms with van der Waals surface area (Å²) in [5.41, 5.74) is 4.97. The molecule has 2 heterocycles. The first-order chi connectivity index (χ1) is 7.79. The van der Waals surface area contributed by atoms with Crippen LogP contribution in [0.5, 0.6) is 0 Å². The molecule has 0 radical (unpaired) electrons. The van der Waals surface area contributed by atoms with Crippen LogP contribution >= 0.6 is 0 Å². The second-order valence-corrected chi connectivity index (χ2v) is 6.11. The van der Waals surface area contributed by atoms with Gasteiger partial charge in [0.2, 0.25) is 0 Å². The summed E-state index contributed by atoms with van der Waals surface area (Å²) in [6.07, 6.45) is 0. The Morgan fingerprint density at radius 3 is 2.24 bits per heavy atom. The van der Waals surface area contributed by atoms with Gasteiger partial charge in [-0.25, -0.2) is 4.98 Å². The Kier molecular flexibility index (Phi) is 1.84. The minimum absolute atomic E-state index is 0.0138. The van der Waals surface area contributed by atoms with Crippen molar-refractivity contribution < 1.29 is 0 Å². The molecule has 2 aromatic rings. The van der Waals surface area contributed by atoms with Crippen molar-refractivity contribution in [3.8, 4) is 0 Å². The molecule has 0 amide bonds. The molecule has 1 aromatic carbocycles. The molecule has 3 nitrogen and oxygen atoms in total. The number of aryl methyl sites for hydroxylation is 1. The molecule has 17 heavy (non-hydrogen) atoms. The highest BCUT2D eigenvalue weighted by atomic mass is 15.1. The average molecular weight is 229 g/mol. The summed E-state index contributed by atoms with van der Waals surface area (Å²) >= 11 is 0. The van der Waals surface area contributed by atoms with Crippen LogP contribution in [0.25, 0.3) is 11.0 Å². The van der Waals surface area contributed by atoms with Crippen molar-refractivity contribution in [1.82, 2.24) is 15.3 Å². The molecule has 0 atom stereocenters. The Hall–Kier alpha value is -1.35. The summed E-state index contributed by atoms with van der Waals surface area (Å²) in [4.78, 5) is 7.84. The zero-order chi connectivity index (χ0) is 12.4. The molecule has 1 aliphatic rings. The fraction of sp³-hybridized carbons (Fsp3) is 0.500. The molecule has 2 N–H and O–H groups in total. The van der Waals surface area contributed by atoms with Gasteiger partial charge in [0.05, 0.1) is 11.0 Å². The average Bonchev–Trinajstić information content (AvgIpc) is 2.59. The topological polar surface area (TPSA) is 40.7 Å². The lowest BCUT2D eigenvalue weighted by molar-refractivity contribution is 0.319. The maximum Gasteiger partial charge on any atom is 0.104 e. The van der Waals surface area contributed by atoms with E-state index in [1.165, 1.54) is 11.1 Å². The SMILES string of the molecule is Cc1nc2cc3c(cc2[nH]1)C(C)(C)NC3(C)C. The van der Waals surface area contributed by atoms with E-state index in [2.05, 4.69) is 55.1 Å². The third kappa shape index (κ3) is 1.42. The molecular formula is C14H19N3. The standard InChI is InChI=1S/C14H19N3/c1-8-15-11-6-9-10(7-12(11)16-8)14(4,5)17-13(9,2)3/h6-7,17H,1-5H3,(H,15,16). The van der Waals surface area contributed by atoms with Crippen molar-refractivity contribution >= 4 is 11.0 Å². The fourth-order valence-electron chi connectivity index (χ4n) is 3.13. The molecule has 0 unspecified atom stereocenters. The van der Waals surface area contributed by atoms with Crippen molar-refractivity contribution in [3.05, 3.63) is 29.1 Å². The number of nitrogens with one attached hydrogen (secondary N) is 2. The number of H-pyrrole nitrogens is 1. The molecular weight excluding hydrogens is 210 g/mol. The summed E-state index contributed by atoms with van der Waals surface area (Å²) in [7, 11) is 0. The third-order valence-corrected chi connectivity index (χ3v) is 3.71. The minimum Gasteiger partial charge on any atom is -0.342 e. The van der Waals surface area contributed by atoms with E-state index in [0.717, 1.165) is 16.9 Å². The van der Waals surface area contributed by atoms with E-state index in [9.17, 15) is 0 Å². The number of hydrogen-bond acceptors (Lipinski definition) is 2. The number of rotatable bonds is 0. The van der Waals surface area contributed by atoms with Crippen LogP contribution < -0.4 is 5.32 Å². The van der Waals surface area contributed by atoms with Gasteiger partial charge in [-0.2, -0.15) is 0 Å². The zero-order valence-corrected chi connectivity index (χ0v) is 11.1. The largest absolute Gasteiger partial charge is 0.342 e. The lowest BCUT2D eigenvalue weighted by Gasteiger charge is -2.25. The number of imidazole rings is 1. The first kappa shape index (κ1) is 10.8. The molecule has 90 valence electrons. The summed E-state index contributed by atoms with van der Waals surface area (Å²) in [5, 5.41) is 3.67. The van der Waals surface area contributed by atoms with E-state index in [1.54, 1.807) is 0 Å². The van der Waals surface area contributed by atoms with Crippen LogP contribution in [-0.2, 0) is 11.1 Å². The van der Waals surface area contributed by atoms with Gasteiger partial charge in [0.25, 0.3) is 0 Å². The van der Waals surface area contributed by atoms with E-state index in [4.69, 9.17) is 0 Å². The summed E-state index contributed by atoms with van der Waals surface area (Å²) in [5.74, 6) is 0.979. The van der Waals surface area contributed by atoms with Crippen LogP contribution in [0.4, 0.5) is 0 Å². The fourth-order valence-corrected chi connectivity index (χ4v) is 3.13. The van der Waals surface area contributed by atoms with Crippen LogP contribution in [0, 0.1) is 6.92 Å². The Morgan fingerprint density at radius 2 is 1.59 bits per heavy atom. The highest BCUT2D eigenvalue weighted by Gasteiger charge is 2.41. The summed E-state index contributed by atoms with van der Waals surface area (Å²) in [6.45, 7) is 10.9. The second kappa shape index (κ2) is 2.91. The normalized spacial score (nSPS) is 20.8. The number of nitrogens with zero attached hydrogens (tertiary/aromatic N) is 1. The van der Waals surface area contributed by atoms with Crippen molar-refractivity contribution in [2.45, 2.75) is 45.7 Å². The Bertz CT molecular complexity index is 554. The van der Waals surface area contributed by atoms with E-state index in [0.29, 0.717) is 0 Å². The van der Waals surface area contributed by atoms with Crippen LogP contribution in [0.1, 0.15) is 44.6 Å². The summed E-state index contributed by atoms with van der Waals surface area (Å²) in [6, 6.07) is 4.46. The smallest absolute Gasteiger partial charge is 0.104 e. The monoisotopic (exact) mass is 229 g/mol. The van der Waals surface area contributed by atoms with Gasteiger partial charge in [-0.15, -0.1) is 0 Å². The van der Waals surface area contributed by atoms with Crippen molar-refractivity contribution in [1.29, 1.82) is 0 Å². The Labute approximate surface area is 102 Å². The molecule has 0 saturated carbocycles. The van der Waals surface area contributed by atoms with Crippen LogP contribution in [0.3, 0.4) is 0 Å². The van der Waals surface area contributed by atoms with Gasteiger partial charge in [-0.05, 0) is 57.9 Å². The second-order valence-electron chi connectivity index (χ2n) is 6.11. The predicted octanol–water partition coefficient (Wildman–Crippen LogP) is 2.94. The highest BCUT2D eigenvalue weighted by Crippen LogP contribution is 2.42. The molecule has 0 bridgehead atoms. The van der Waals surface area contributed by atoms with Gasteiger partial charge in [-0.3, -0.25) is 5.32 Å². The number of aromatic nitrogens is 2. The minimum atomic E-state index is 0.0138. The highest BCUT2D eigenvalue weighted by molar-refractivity contribution is 5.78. The van der Waals surface area contributed by atoms with Crippen molar-refractivity contribution in [3.63, 3.8) is 0 Å². The Balaban J connectivity index is 2.36. The van der Waals surface area contributed by atoms with Gasteiger partial charge in [0.15, 0.2) is 0 Å². The maximum atomic E-state index is 4.52. The van der Waals surface area contributed by atoms with Crippen LogP contribution in [-0.4, -0.2) is 9.97 Å². The van der Waals surface area contributed by atoms with Gasteiger partial charge in [-0.1, -0.05) is 0 Å². The van der Waals surface area contributed by atoms with E-state index >= 15 is 0 Å². The lowest BCUT2D eigenvalue weighted by Crippen LogP contribution is -2.39. The summed E-state index contributed by atoms with van der Waals surface area (Å²) < 4.78 is 0. The number of benzene rings is 1. The van der Waals surface area contributed by atoms with E-state index < -0.39 is 0 Å². The first-order valence-electron chi connectivity index (χ1n) is 6.10. The van der Waals surface area contributed by atoms with E-state index in [1.807, 2.05) is 6.92 Å². The van der Waals surface area contributed by atoms with Crippen LogP contribution in [0.15, 0.2) is 12.1 Å². The van der Waals surface area contributed by atoms with E-state index in [-0.39, 0.29) is 11.1 Å². The Morgan fingerprint density at radius 1 is 1.00 bits per heavy atom. The van der Waals surface area contributed by atoms with Crippen LogP contribution in [0.2, 0.25) is 0 Å². The first-order valence-corrected chi connectivity index (χ1v) is 6.10. The number of hydrogen-bond donors (Lipinski definition) is 2. The molecule has 0 spiro atoms. The lowest BCUT2D eigenvalue weighted by atomic mass is 9.90. The molecule has 3 heteroatoms. The molecule has 0 aliphatic carbocycles. The van der Waals surface area contributed by atoms with Crippen molar-refractivity contribution in [2.24, 2.45) is 0 Å². The molecule has 1 aliphatic heterocycles. The zero-order valence-electron chi connectivity index (χ0n) is 11.1. The van der Waals surface area contributed by atoms with Gasteiger partial charge in [0, 0.05) is 11.1 Å². The molecule has 0 saturated heterocycles. The van der Waals surface area contributed by atoms with Crippen molar-refractivity contribution in [2.75, 3.05) is 0 Å². The van der Waals surface area contributed by atoms with Gasteiger partial charge in [0.1, 0.15) is 5.82 Å². The quantitative estimate of drug-likeness (QED) is 0.729.